The number of rotatable bonds is 6. The topological polar surface area (TPSA) is 58.2 Å². The van der Waals surface area contributed by atoms with Gasteiger partial charge in [0.1, 0.15) is 5.41 Å². The second kappa shape index (κ2) is 8.17. The molecule has 0 aliphatic carbocycles. The molecule has 0 fully saturated rings. The van der Waals surface area contributed by atoms with E-state index in [1.54, 1.807) is 19.9 Å². The fraction of sp³-hybridized carbons (Fsp3) is 0.300. The highest BCUT2D eigenvalue weighted by Gasteiger charge is 2.35. The second-order valence-corrected chi connectivity index (χ2v) is 7.02. The summed E-state index contributed by atoms with van der Waals surface area (Å²) in [6.45, 7) is 5.65. The number of hydrogen-bond acceptors (Lipinski definition) is 2. The van der Waals surface area contributed by atoms with Crippen molar-refractivity contribution in [3.63, 3.8) is 0 Å². The third-order valence-electron chi connectivity index (χ3n) is 4.02. The summed E-state index contributed by atoms with van der Waals surface area (Å²) in [5.74, 6) is -0.631. The lowest BCUT2D eigenvalue weighted by Crippen LogP contribution is -2.45. The van der Waals surface area contributed by atoms with Crippen molar-refractivity contribution >= 4 is 29.1 Å². The zero-order chi connectivity index (χ0) is 18.4. The summed E-state index contributed by atoms with van der Waals surface area (Å²) in [6.07, 6.45) is 0.679. The van der Waals surface area contributed by atoms with E-state index < -0.39 is 5.41 Å². The number of benzene rings is 2. The zero-order valence-corrected chi connectivity index (χ0v) is 15.5. The minimum absolute atomic E-state index is 0.299. The molecule has 0 aliphatic heterocycles. The van der Waals surface area contributed by atoms with Crippen LogP contribution in [0.4, 0.5) is 5.69 Å². The van der Waals surface area contributed by atoms with Gasteiger partial charge in [0.2, 0.25) is 11.8 Å². The summed E-state index contributed by atoms with van der Waals surface area (Å²) < 4.78 is 0. The molecule has 132 valence electrons. The van der Waals surface area contributed by atoms with E-state index in [1.165, 1.54) is 0 Å². The Morgan fingerprint density at radius 2 is 1.72 bits per heavy atom. The molecule has 0 heterocycles. The zero-order valence-electron chi connectivity index (χ0n) is 14.7. The van der Waals surface area contributed by atoms with Gasteiger partial charge in [0, 0.05) is 17.3 Å². The third kappa shape index (κ3) is 5.33. The lowest BCUT2D eigenvalue weighted by atomic mass is 9.90. The van der Waals surface area contributed by atoms with Crippen LogP contribution in [0, 0.1) is 12.3 Å². The summed E-state index contributed by atoms with van der Waals surface area (Å²) in [5.41, 5.74) is 1.64. The number of hydrogen-bond donors (Lipinski definition) is 2. The maximum atomic E-state index is 12.5. The molecule has 2 rings (SSSR count). The van der Waals surface area contributed by atoms with Crippen molar-refractivity contribution in [1.82, 2.24) is 5.32 Å². The van der Waals surface area contributed by atoms with Gasteiger partial charge in [-0.3, -0.25) is 9.59 Å². The molecule has 2 N–H and O–H groups in total. The van der Waals surface area contributed by atoms with E-state index in [4.69, 9.17) is 11.6 Å². The smallest absolute Gasteiger partial charge is 0.239 e. The van der Waals surface area contributed by atoms with Crippen molar-refractivity contribution in [1.29, 1.82) is 0 Å². The molecule has 0 saturated carbocycles. The Kier molecular flexibility index (Phi) is 6.21. The van der Waals surface area contributed by atoms with Crippen molar-refractivity contribution in [2.24, 2.45) is 5.41 Å². The van der Waals surface area contributed by atoms with Crippen LogP contribution in [0.5, 0.6) is 0 Å². The molecule has 0 aliphatic rings. The van der Waals surface area contributed by atoms with Crippen LogP contribution in [-0.2, 0) is 16.0 Å². The van der Waals surface area contributed by atoms with E-state index in [-0.39, 0.29) is 11.8 Å². The van der Waals surface area contributed by atoms with Gasteiger partial charge in [-0.25, -0.2) is 0 Å². The Bertz CT molecular complexity index is 755. The lowest BCUT2D eigenvalue weighted by Gasteiger charge is -2.23. The van der Waals surface area contributed by atoms with Gasteiger partial charge in [-0.2, -0.15) is 0 Å². The van der Waals surface area contributed by atoms with Crippen LogP contribution in [0.2, 0.25) is 5.02 Å². The maximum Gasteiger partial charge on any atom is 0.239 e. The van der Waals surface area contributed by atoms with Gasteiger partial charge >= 0.3 is 0 Å². The molecule has 0 bridgehead atoms. The number of amides is 2. The Morgan fingerprint density at radius 1 is 1.04 bits per heavy atom. The molecule has 5 heteroatoms. The van der Waals surface area contributed by atoms with Gasteiger partial charge in [0.05, 0.1) is 0 Å². The highest BCUT2D eigenvalue weighted by molar-refractivity contribution is 6.30. The first-order valence-electron chi connectivity index (χ1n) is 8.20. The van der Waals surface area contributed by atoms with Crippen molar-refractivity contribution in [3.8, 4) is 0 Å². The molecular weight excluding hydrogens is 336 g/mol. The van der Waals surface area contributed by atoms with Gasteiger partial charge in [0.15, 0.2) is 0 Å². The molecule has 2 amide bonds. The number of carbonyl (C=O) groups excluding carboxylic acids is 2. The van der Waals surface area contributed by atoms with Crippen molar-refractivity contribution in [2.45, 2.75) is 27.2 Å². The minimum atomic E-state index is -1.16. The van der Waals surface area contributed by atoms with E-state index >= 15 is 0 Å². The summed E-state index contributed by atoms with van der Waals surface area (Å²) in [6, 6.07) is 15.0. The number of halogens is 1. The number of aryl methyl sites for hydroxylation is 1. The lowest BCUT2D eigenvalue weighted by molar-refractivity contribution is -0.138. The van der Waals surface area contributed by atoms with Crippen LogP contribution in [0.25, 0.3) is 0 Å². The standard InChI is InChI=1S/C20H23ClN2O2/c1-14-5-4-6-17(13-14)23-19(25)20(2,3)18(24)22-12-11-15-7-9-16(21)10-8-15/h4-10,13H,11-12H2,1-3H3,(H,22,24)(H,23,25). The highest BCUT2D eigenvalue weighted by Crippen LogP contribution is 2.20. The van der Waals surface area contributed by atoms with Crippen molar-refractivity contribution in [2.75, 3.05) is 11.9 Å². The average Bonchev–Trinajstić information content (AvgIpc) is 2.56. The Hall–Kier alpha value is -2.33. The molecular formula is C20H23ClN2O2. The maximum absolute atomic E-state index is 12.5. The number of nitrogens with one attached hydrogen (secondary N) is 2. The van der Waals surface area contributed by atoms with Gasteiger partial charge in [0.25, 0.3) is 0 Å². The molecule has 0 atom stereocenters. The molecule has 0 unspecified atom stereocenters. The predicted octanol–water partition coefficient (Wildman–Crippen LogP) is 3.97. The van der Waals surface area contributed by atoms with Crippen molar-refractivity contribution in [3.05, 3.63) is 64.7 Å². The van der Waals surface area contributed by atoms with E-state index in [0.717, 1.165) is 11.1 Å². The van der Waals surface area contributed by atoms with Crippen LogP contribution in [0.3, 0.4) is 0 Å². The molecule has 0 radical (unpaired) electrons. The van der Waals surface area contributed by atoms with E-state index in [1.807, 2.05) is 49.4 Å². The molecule has 2 aromatic carbocycles. The Balaban J connectivity index is 1.89. The van der Waals surface area contributed by atoms with Crippen molar-refractivity contribution < 1.29 is 9.59 Å². The van der Waals surface area contributed by atoms with E-state index in [9.17, 15) is 9.59 Å². The van der Waals surface area contributed by atoms with Crippen LogP contribution in [-0.4, -0.2) is 18.4 Å². The normalized spacial score (nSPS) is 11.0. The Labute approximate surface area is 153 Å². The predicted molar refractivity (Wildman–Crippen MR) is 102 cm³/mol. The second-order valence-electron chi connectivity index (χ2n) is 6.58. The highest BCUT2D eigenvalue weighted by atomic mass is 35.5. The Morgan fingerprint density at radius 3 is 2.36 bits per heavy atom. The quantitative estimate of drug-likeness (QED) is 0.767. The van der Waals surface area contributed by atoms with Gasteiger partial charge in [-0.1, -0.05) is 35.9 Å². The first-order chi connectivity index (χ1) is 11.8. The first kappa shape index (κ1) is 19.0. The van der Waals surface area contributed by atoms with Crippen LogP contribution >= 0.6 is 11.6 Å². The molecule has 0 saturated heterocycles. The summed E-state index contributed by atoms with van der Waals surface area (Å²) in [4.78, 5) is 24.9. The van der Waals surface area contributed by atoms with Crippen LogP contribution in [0.1, 0.15) is 25.0 Å². The molecule has 2 aromatic rings. The van der Waals surface area contributed by atoms with Gasteiger partial charge in [-0.15, -0.1) is 0 Å². The molecule has 0 aromatic heterocycles. The SMILES string of the molecule is Cc1cccc(NC(=O)C(C)(C)C(=O)NCCc2ccc(Cl)cc2)c1. The van der Waals surface area contributed by atoms with E-state index in [0.29, 0.717) is 23.7 Å². The minimum Gasteiger partial charge on any atom is -0.355 e. The molecule has 4 nitrogen and oxygen atoms in total. The monoisotopic (exact) mass is 358 g/mol. The largest absolute Gasteiger partial charge is 0.355 e. The van der Waals surface area contributed by atoms with Crippen LogP contribution in [0.15, 0.2) is 48.5 Å². The third-order valence-corrected chi connectivity index (χ3v) is 4.28. The van der Waals surface area contributed by atoms with Gasteiger partial charge < -0.3 is 10.6 Å². The van der Waals surface area contributed by atoms with E-state index in [2.05, 4.69) is 10.6 Å². The molecule has 0 spiro atoms. The molecule has 25 heavy (non-hydrogen) atoms. The fourth-order valence-corrected chi connectivity index (χ4v) is 2.43. The number of carbonyl (C=O) groups is 2. The fourth-order valence-electron chi connectivity index (χ4n) is 2.31. The summed E-state index contributed by atoms with van der Waals surface area (Å²) >= 11 is 5.85. The van der Waals surface area contributed by atoms with Gasteiger partial charge in [-0.05, 0) is 62.6 Å². The summed E-state index contributed by atoms with van der Waals surface area (Å²) in [7, 11) is 0. The van der Waals surface area contributed by atoms with Crippen LogP contribution < -0.4 is 10.6 Å². The number of anilines is 1. The average molecular weight is 359 g/mol. The first-order valence-corrected chi connectivity index (χ1v) is 8.58. The summed E-state index contributed by atoms with van der Waals surface area (Å²) in [5, 5.41) is 6.32.